The van der Waals surface area contributed by atoms with E-state index >= 15 is 0 Å². The monoisotopic (exact) mass is 413 g/mol. The van der Waals surface area contributed by atoms with E-state index in [1.165, 1.54) is 0 Å². The summed E-state index contributed by atoms with van der Waals surface area (Å²) in [4.78, 5) is 29.9. The third-order valence-electron chi connectivity index (χ3n) is 5.04. The summed E-state index contributed by atoms with van der Waals surface area (Å²) < 4.78 is 10.3. The molecule has 156 valence electrons. The van der Waals surface area contributed by atoms with Crippen molar-refractivity contribution in [1.82, 2.24) is 4.98 Å². The van der Waals surface area contributed by atoms with E-state index in [2.05, 4.69) is 22.7 Å². The van der Waals surface area contributed by atoms with E-state index in [4.69, 9.17) is 15.9 Å². The Hall–Kier alpha value is -3.83. The van der Waals surface area contributed by atoms with Gasteiger partial charge in [-0.3, -0.25) is 9.78 Å². The number of carbonyl (C=O) groups is 2. The van der Waals surface area contributed by atoms with Crippen molar-refractivity contribution in [2.45, 2.75) is 33.6 Å². The molecule has 1 aromatic carbocycles. The average Bonchev–Trinajstić information content (AvgIpc) is 3.02. The van der Waals surface area contributed by atoms with Crippen molar-refractivity contribution in [3.8, 4) is 24.2 Å². The zero-order valence-electron chi connectivity index (χ0n) is 17.8. The molecule has 1 aliphatic carbocycles. The Bertz CT molecular complexity index is 1120. The summed E-state index contributed by atoms with van der Waals surface area (Å²) in [6.07, 6.45) is 6.66. The first-order valence-corrected chi connectivity index (χ1v) is 9.94. The number of pyridine rings is 1. The van der Waals surface area contributed by atoms with Gasteiger partial charge in [-0.05, 0) is 61.7 Å². The lowest BCUT2D eigenvalue weighted by Gasteiger charge is -2.14. The van der Waals surface area contributed by atoms with Gasteiger partial charge in [-0.25, -0.2) is 4.79 Å². The summed E-state index contributed by atoms with van der Waals surface area (Å²) in [5.74, 6) is 8.00. The minimum absolute atomic E-state index is 0.0778. The lowest BCUT2D eigenvalue weighted by atomic mass is 9.89. The maximum atomic E-state index is 13.5. The smallest absolute Gasteiger partial charge is 0.421 e. The highest BCUT2D eigenvalue weighted by Crippen LogP contribution is 2.40. The molecule has 0 saturated heterocycles. The van der Waals surface area contributed by atoms with E-state index in [-0.39, 0.29) is 24.7 Å². The molecule has 0 fully saturated rings. The summed E-state index contributed by atoms with van der Waals surface area (Å²) in [7, 11) is 0. The number of benzene rings is 1. The van der Waals surface area contributed by atoms with Crippen molar-refractivity contribution in [1.29, 1.82) is 0 Å². The second-order valence-corrected chi connectivity index (χ2v) is 7.29. The number of hydrogen-bond donors (Lipinski definition) is 0. The maximum absolute atomic E-state index is 13.5. The maximum Gasteiger partial charge on any atom is 0.514 e. The Labute approximate surface area is 182 Å². The van der Waals surface area contributed by atoms with Crippen LogP contribution in [-0.2, 0) is 20.7 Å². The first kappa shape index (κ1) is 21.9. The van der Waals surface area contributed by atoms with Crippen LogP contribution in [0.25, 0.3) is 5.57 Å². The first-order chi connectivity index (χ1) is 14.9. The van der Waals surface area contributed by atoms with Gasteiger partial charge in [0.25, 0.3) is 0 Å². The van der Waals surface area contributed by atoms with E-state index in [0.717, 1.165) is 27.9 Å². The lowest BCUT2D eigenvalue weighted by Crippen LogP contribution is -2.14. The fourth-order valence-electron chi connectivity index (χ4n) is 3.86. The van der Waals surface area contributed by atoms with Crippen molar-refractivity contribution in [3.05, 3.63) is 70.2 Å². The number of carbonyl (C=O) groups excluding carboxylic acids is 2. The zero-order valence-corrected chi connectivity index (χ0v) is 17.8. The average molecular weight is 413 g/mol. The molecule has 1 unspecified atom stereocenters. The number of hydrogen-bond acceptors (Lipinski definition) is 5. The van der Waals surface area contributed by atoms with E-state index in [1.54, 1.807) is 13.1 Å². The molecule has 0 N–H and O–H groups in total. The largest absolute Gasteiger partial charge is 0.514 e. The van der Waals surface area contributed by atoms with Crippen LogP contribution in [0.15, 0.2) is 42.3 Å². The zero-order chi connectivity index (χ0) is 22.4. The Morgan fingerprint density at radius 2 is 2.00 bits per heavy atom. The van der Waals surface area contributed by atoms with Crippen molar-refractivity contribution < 1.29 is 19.1 Å². The molecule has 3 rings (SSSR count). The second kappa shape index (κ2) is 9.78. The summed E-state index contributed by atoms with van der Waals surface area (Å²) >= 11 is 0. The molecule has 0 saturated carbocycles. The molecule has 0 radical (unpaired) electrons. The van der Waals surface area contributed by atoms with Gasteiger partial charge in [0.1, 0.15) is 5.76 Å². The molecule has 2 aromatic rings. The van der Waals surface area contributed by atoms with E-state index < -0.39 is 6.16 Å². The number of nitrogens with zero attached hydrogens (tertiary/aromatic N) is 1. The van der Waals surface area contributed by atoms with Crippen LogP contribution in [0.4, 0.5) is 4.79 Å². The molecule has 1 aliphatic rings. The SMILES string of the molecule is C#CCOC(=O)OC1=C(c2c(C)cc(C#CC)cc2C)C(=O)C(Cc2ccccn2)C1. The van der Waals surface area contributed by atoms with Crippen molar-refractivity contribution in [3.63, 3.8) is 0 Å². The molecule has 1 atom stereocenters. The minimum atomic E-state index is -0.916. The van der Waals surface area contributed by atoms with Crippen molar-refractivity contribution in [2.75, 3.05) is 6.61 Å². The van der Waals surface area contributed by atoms with Crippen molar-refractivity contribution >= 4 is 17.5 Å². The highest BCUT2D eigenvalue weighted by molar-refractivity contribution is 6.25. The fourth-order valence-corrected chi connectivity index (χ4v) is 3.86. The first-order valence-electron chi connectivity index (χ1n) is 9.94. The molecule has 0 spiro atoms. The molecule has 1 heterocycles. The van der Waals surface area contributed by atoms with E-state index in [9.17, 15) is 9.59 Å². The van der Waals surface area contributed by atoms with Gasteiger partial charge in [0, 0.05) is 36.2 Å². The highest BCUT2D eigenvalue weighted by atomic mass is 16.7. The van der Waals surface area contributed by atoms with Gasteiger partial charge >= 0.3 is 6.16 Å². The topological polar surface area (TPSA) is 65.5 Å². The molecule has 1 aromatic heterocycles. The number of aryl methyl sites for hydroxylation is 2. The van der Waals surface area contributed by atoms with Crippen LogP contribution in [0.1, 0.15) is 41.3 Å². The third-order valence-corrected chi connectivity index (χ3v) is 5.04. The van der Waals surface area contributed by atoms with Crippen molar-refractivity contribution in [2.24, 2.45) is 5.92 Å². The van der Waals surface area contributed by atoms with Crippen LogP contribution in [-0.4, -0.2) is 23.5 Å². The molecule has 0 amide bonds. The molecular formula is C26H23NO4. The van der Waals surface area contributed by atoms with Gasteiger partial charge in [0.2, 0.25) is 0 Å². The number of Topliss-reactive ketones (excluding diaryl/α,β-unsaturated/α-hetero) is 1. The Kier molecular flexibility index (Phi) is 6.90. The second-order valence-electron chi connectivity index (χ2n) is 7.29. The Morgan fingerprint density at radius 3 is 2.61 bits per heavy atom. The van der Waals surface area contributed by atoms with Crippen LogP contribution in [0.5, 0.6) is 0 Å². The number of terminal acetylenes is 1. The highest BCUT2D eigenvalue weighted by Gasteiger charge is 2.38. The Morgan fingerprint density at radius 1 is 1.26 bits per heavy atom. The summed E-state index contributed by atoms with van der Waals surface area (Å²) in [5.41, 5.74) is 4.61. The lowest BCUT2D eigenvalue weighted by molar-refractivity contribution is -0.116. The van der Waals surface area contributed by atoms with Gasteiger partial charge < -0.3 is 9.47 Å². The predicted octanol–water partition coefficient (Wildman–Crippen LogP) is 4.40. The quantitative estimate of drug-likeness (QED) is 0.537. The molecule has 0 aliphatic heterocycles. The summed E-state index contributed by atoms with van der Waals surface area (Å²) in [5, 5.41) is 0. The number of ether oxygens (including phenoxy) is 2. The number of ketones is 1. The van der Waals surface area contributed by atoms with Crippen LogP contribution in [0.2, 0.25) is 0 Å². The van der Waals surface area contributed by atoms with Crippen LogP contribution < -0.4 is 0 Å². The minimum Gasteiger partial charge on any atom is -0.421 e. The standard InChI is InChI=1S/C26H23NO4/c1-5-9-19-13-17(3)23(18(4)14-19)24-22(31-26(29)30-12-6-2)16-20(25(24)28)15-21-10-7-8-11-27-21/h2,7-8,10-11,13-14,20H,12,15-16H2,1,3-4H3. The van der Waals surface area contributed by atoms with Crippen LogP contribution in [0, 0.1) is 44.0 Å². The molecule has 5 heteroatoms. The summed E-state index contributed by atoms with van der Waals surface area (Å²) in [6, 6.07) is 9.44. The van der Waals surface area contributed by atoms with E-state index in [0.29, 0.717) is 17.8 Å². The van der Waals surface area contributed by atoms with E-state index in [1.807, 2.05) is 44.2 Å². The Balaban J connectivity index is 2.01. The van der Waals surface area contributed by atoms with Gasteiger partial charge in [-0.1, -0.05) is 17.9 Å². The molecular weight excluding hydrogens is 390 g/mol. The predicted molar refractivity (Wildman–Crippen MR) is 118 cm³/mol. The molecule has 31 heavy (non-hydrogen) atoms. The van der Waals surface area contributed by atoms with Crippen LogP contribution >= 0.6 is 0 Å². The van der Waals surface area contributed by atoms with Gasteiger partial charge in [-0.2, -0.15) is 0 Å². The molecule has 5 nitrogen and oxygen atoms in total. The van der Waals surface area contributed by atoms with Crippen LogP contribution in [0.3, 0.4) is 0 Å². The van der Waals surface area contributed by atoms with Gasteiger partial charge in [0.15, 0.2) is 12.4 Å². The number of allylic oxidation sites excluding steroid dienone is 2. The van der Waals surface area contributed by atoms with Gasteiger partial charge in [0.05, 0.1) is 5.57 Å². The summed E-state index contributed by atoms with van der Waals surface area (Å²) in [6.45, 7) is 5.42. The number of rotatable bonds is 5. The van der Waals surface area contributed by atoms with Gasteiger partial charge in [-0.15, -0.1) is 12.3 Å². The normalized spacial score (nSPS) is 15.2. The number of aromatic nitrogens is 1. The molecule has 0 bridgehead atoms. The third kappa shape index (κ3) is 5.02. The fraction of sp³-hybridized carbons (Fsp3) is 0.269.